The Labute approximate surface area is 195 Å². The maximum Gasteiger partial charge on any atom is 0.232 e. The van der Waals surface area contributed by atoms with Gasteiger partial charge in [-0.2, -0.15) is 0 Å². The zero-order valence-electron chi connectivity index (χ0n) is 18.5. The molecule has 0 fully saturated rings. The van der Waals surface area contributed by atoms with Gasteiger partial charge in [0.25, 0.3) is 0 Å². The summed E-state index contributed by atoms with van der Waals surface area (Å²) in [6.07, 6.45) is 3.59. The normalized spacial score (nSPS) is 11.5. The highest BCUT2D eigenvalue weighted by Gasteiger charge is 2.20. The molecule has 0 saturated carbocycles. The molecule has 3 aromatic rings. The molecular formula is C25H29ClN2O3S. The maximum atomic E-state index is 12.3. The standard InChI is InChI=1S/C25H29ClN2O3S/c1-19-23(26)14-6-15-24(19)28(32(2,30)31)18-8-16-25(29)27-17-7-12-21-11-5-10-20-9-3-4-13-22(20)21/h3-6,9-11,13-15H,7-8,12,16-18H2,1-2H3,(H,27,29). The molecule has 1 N–H and O–H groups in total. The Morgan fingerprint density at radius 1 is 1.00 bits per heavy atom. The predicted molar refractivity (Wildman–Crippen MR) is 133 cm³/mol. The Hall–Kier alpha value is -2.57. The van der Waals surface area contributed by atoms with Gasteiger partial charge in [-0.1, -0.05) is 60.1 Å². The average Bonchev–Trinajstić information content (AvgIpc) is 2.76. The first kappa shape index (κ1) is 24.1. The van der Waals surface area contributed by atoms with E-state index in [4.69, 9.17) is 11.6 Å². The number of hydrogen-bond donors (Lipinski definition) is 1. The summed E-state index contributed by atoms with van der Waals surface area (Å²) in [6.45, 7) is 2.60. The number of carbonyl (C=O) groups is 1. The third-order valence-electron chi connectivity index (χ3n) is 5.50. The van der Waals surface area contributed by atoms with Gasteiger partial charge in [-0.15, -0.1) is 0 Å². The Balaban J connectivity index is 1.47. The van der Waals surface area contributed by atoms with Crippen molar-refractivity contribution in [2.24, 2.45) is 0 Å². The molecule has 0 aliphatic rings. The van der Waals surface area contributed by atoms with Crippen molar-refractivity contribution in [2.75, 3.05) is 23.7 Å². The van der Waals surface area contributed by atoms with Crippen molar-refractivity contribution in [2.45, 2.75) is 32.6 Å². The molecule has 1 amide bonds. The van der Waals surface area contributed by atoms with Crippen LogP contribution in [0.15, 0.2) is 60.7 Å². The average molecular weight is 473 g/mol. The van der Waals surface area contributed by atoms with Crippen LogP contribution >= 0.6 is 11.6 Å². The lowest BCUT2D eigenvalue weighted by Gasteiger charge is -2.24. The molecule has 5 nitrogen and oxygen atoms in total. The second kappa shape index (κ2) is 10.8. The molecule has 0 atom stereocenters. The fourth-order valence-corrected chi connectivity index (χ4v) is 5.01. The van der Waals surface area contributed by atoms with Crippen LogP contribution in [0.4, 0.5) is 5.69 Å². The van der Waals surface area contributed by atoms with Crippen LogP contribution in [0.25, 0.3) is 10.8 Å². The zero-order chi connectivity index (χ0) is 23.1. The van der Waals surface area contributed by atoms with E-state index in [1.54, 1.807) is 25.1 Å². The maximum absolute atomic E-state index is 12.3. The number of fused-ring (bicyclic) bond motifs is 1. The fourth-order valence-electron chi connectivity index (χ4n) is 3.82. The third-order valence-corrected chi connectivity index (χ3v) is 7.09. The van der Waals surface area contributed by atoms with Crippen molar-refractivity contribution in [3.8, 4) is 0 Å². The van der Waals surface area contributed by atoms with Crippen LogP contribution in [-0.4, -0.2) is 33.7 Å². The number of aryl methyl sites for hydroxylation is 1. The van der Waals surface area contributed by atoms with Gasteiger partial charge < -0.3 is 5.32 Å². The number of nitrogens with zero attached hydrogens (tertiary/aromatic N) is 1. The minimum atomic E-state index is -3.48. The molecule has 170 valence electrons. The van der Waals surface area contributed by atoms with E-state index in [0.29, 0.717) is 29.2 Å². The van der Waals surface area contributed by atoms with Gasteiger partial charge >= 0.3 is 0 Å². The van der Waals surface area contributed by atoms with Crippen molar-refractivity contribution in [3.05, 3.63) is 76.8 Å². The van der Waals surface area contributed by atoms with Crippen LogP contribution in [0, 0.1) is 6.92 Å². The number of anilines is 1. The van der Waals surface area contributed by atoms with E-state index in [1.807, 2.05) is 12.1 Å². The summed E-state index contributed by atoms with van der Waals surface area (Å²) >= 11 is 6.15. The highest BCUT2D eigenvalue weighted by Crippen LogP contribution is 2.28. The van der Waals surface area contributed by atoms with E-state index in [1.165, 1.54) is 26.9 Å². The predicted octanol–water partition coefficient (Wildman–Crippen LogP) is 5.10. The highest BCUT2D eigenvalue weighted by atomic mass is 35.5. The van der Waals surface area contributed by atoms with Crippen molar-refractivity contribution in [1.29, 1.82) is 0 Å². The summed E-state index contributed by atoms with van der Waals surface area (Å²) in [7, 11) is -3.48. The number of hydrogen-bond acceptors (Lipinski definition) is 3. The molecule has 3 aromatic carbocycles. The van der Waals surface area contributed by atoms with Gasteiger partial charge in [-0.05, 0) is 60.2 Å². The second-order valence-electron chi connectivity index (χ2n) is 7.91. The third kappa shape index (κ3) is 6.24. The lowest BCUT2D eigenvalue weighted by atomic mass is 10.0. The Kier molecular flexibility index (Phi) is 8.15. The van der Waals surface area contributed by atoms with Crippen LogP contribution in [0.2, 0.25) is 5.02 Å². The largest absolute Gasteiger partial charge is 0.356 e. The first-order valence-electron chi connectivity index (χ1n) is 10.7. The zero-order valence-corrected chi connectivity index (χ0v) is 20.0. The Morgan fingerprint density at radius 2 is 1.72 bits per heavy atom. The van der Waals surface area contributed by atoms with E-state index in [0.717, 1.165) is 12.8 Å². The Morgan fingerprint density at radius 3 is 2.50 bits per heavy atom. The van der Waals surface area contributed by atoms with E-state index in [-0.39, 0.29) is 18.9 Å². The summed E-state index contributed by atoms with van der Waals surface area (Å²) in [5.74, 6) is -0.0702. The van der Waals surface area contributed by atoms with Gasteiger partial charge in [0.05, 0.1) is 11.9 Å². The van der Waals surface area contributed by atoms with E-state index >= 15 is 0 Å². The lowest BCUT2D eigenvalue weighted by Crippen LogP contribution is -2.32. The summed E-state index contributed by atoms with van der Waals surface area (Å²) in [5, 5.41) is 5.93. The quantitative estimate of drug-likeness (QED) is 0.417. The SMILES string of the molecule is Cc1c(Cl)cccc1N(CCCC(=O)NCCCc1cccc2ccccc12)S(C)(=O)=O. The highest BCUT2D eigenvalue weighted by molar-refractivity contribution is 7.92. The molecule has 0 aliphatic heterocycles. The molecule has 0 aliphatic carbocycles. The second-order valence-corrected chi connectivity index (χ2v) is 10.2. The molecule has 32 heavy (non-hydrogen) atoms. The van der Waals surface area contributed by atoms with Crippen LogP contribution < -0.4 is 9.62 Å². The molecule has 0 aromatic heterocycles. The smallest absolute Gasteiger partial charge is 0.232 e. The fraction of sp³-hybridized carbons (Fsp3) is 0.320. The molecule has 0 radical (unpaired) electrons. The first-order chi connectivity index (χ1) is 15.3. The van der Waals surface area contributed by atoms with Gasteiger partial charge in [0.1, 0.15) is 0 Å². The summed E-state index contributed by atoms with van der Waals surface area (Å²) < 4.78 is 25.9. The van der Waals surface area contributed by atoms with Gasteiger partial charge in [0, 0.05) is 24.5 Å². The monoisotopic (exact) mass is 472 g/mol. The summed E-state index contributed by atoms with van der Waals surface area (Å²) in [6, 6.07) is 19.8. The molecule has 3 rings (SSSR count). The van der Waals surface area contributed by atoms with Gasteiger partial charge in [-0.25, -0.2) is 8.42 Å². The number of benzene rings is 3. The number of amides is 1. The molecule has 0 saturated heterocycles. The molecular weight excluding hydrogens is 444 g/mol. The first-order valence-corrected chi connectivity index (χ1v) is 13.0. The number of sulfonamides is 1. The molecule has 0 spiro atoms. The lowest BCUT2D eigenvalue weighted by molar-refractivity contribution is -0.121. The van der Waals surface area contributed by atoms with Crippen molar-refractivity contribution in [3.63, 3.8) is 0 Å². The van der Waals surface area contributed by atoms with Crippen LogP contribution in [0.5, 0.6) is 0 Å². The molecule has 7 heteroatoms. The number of halogens is 1. The molecule has 0 heterocycles. The van der Waals surface area contributed by atoms with E-state index < -0.39 is 10.0 Å². The molecule has 0 unspecified atom stereocenters. The van der Waals surface area contributed by atoms with Crippen LogP contribution in [0.1, 0.15) is 30.4 Å². The summed E-state index contributed by atoms with van der Waals surface area (Å²) in [5.41, 5.74) is 2.53. The van der Waals surface area contributed by atoms with Gasteiger partial charge in [0.2, 0.25) is 15.9 Å². The number of nitrogens with one attached hydrogen (secondary N) is 1. The van der Waals surface area contributed by atoms with Gasteiger partial charge in [0.15, 0.2) is 0 Å². The molecule has 0 bridgehead atoms. The summed E-state index contributed by atoms with van der Waals surface area (Å²) in [4.78, 5) is 12.3. The van der Waals surface area contributed by atoms with Gasteiger partial charge in [-0.3, -0.25) is 9.10 Å². The van der Waals surface area contributed by atoms with E-state index in [9.17, 15) is 13.2 Å². The minimum absolute atomic E-state index is 0.0702. The van der Waals surface area contributed by atoms with Crippen molar-refractivity contribution >= 4 is 44.0 Å². The number of rotatable bonds is 10. The minimum Gasteiger partial charge on any atom is -0.356 e. The van der Waals surface area contributed by atoms with Crippen molar-refractivity contribution in [1.82, 2.24) is 5.32 Å². The van der Waals surface area contributed by atoms with Crippen LogP contribution in [-0.2, 0) is 21.2 Å². The van der Waals surface area contributed by atoms with E-state index in [2.05, 4.69) is 35.6 Å². The van der Waals surface area contributed by atoms with Crippen molar-refractivity contribution < 1.29 is 13.2 Å². The number of carbonyl (C=O) groups excluding carboxylic acids is 1. The van der Waals surface area contributed by atoms with Crippen LogP contribution in [0.3, 0.4) is 0 Å². The Bertz CT molecular complexity index is 1190. The topological polar surface area (TPSA) is 66.5 Å².